The van der Waals surface area contributed by atoms with Gasteiger partial charge in [-0.3, -0.25) is 0 Å². The summed E-state index contributed by atoms with van der Waals surface area (Å²) in [5, 5.41) is 3.68. The van der Waals surface area contributed by atoms with Crippen molar-refractivity contribution in [2.24, 2.45) is 5.41 Å². The van der Waals surface area contributed by atoms with Crippen molar-refractivity contribution in [3.63, 3.8) is 0 Å². The minimum Gasteiger partial charge on any atom is -0.312 e. The van der Waals surface area contributed by atoms with Crippen molar-refractivity contribution >= 4 is 0 Å². The Bertz CT molecular complexity index is 330. The van der Waals surface area contributed by atoms with E-state index in [1.807, 2.05) is 0 Å². The van der Waals surface area contributed by atoms with Crippen molar-refractivity contribution in [2.75, 3.05) is 6.54 Å². The highest BCUT2D eigenvalue weighted by Gasteiger charge is 2.27. The van der Waals surface area contributed by atoms with Gasteiger partial charge in [-0.2, -0.15) is 0 Å². The van der Waals surface area contributed by atoms with Gasteiger partial charge in [0.2, 0.25) is 0 Å². The highest BCUT2D eigenvalue weighted by molar-refractivity contribution is 5.16. The second-order valence-corrected chi connectivity index (χ2v) is 6.47. The second-order valence-electron chi connectivity index (χ2n) is 6.47. The van der Waals surface area contributed by atoms with Crippen LogP contribution in [0.3, 0.4) is 0 Å². The summed E-state index contributed by atoms with van der Waals surface area (Å²) in [6.07, 6.45) is 3.62. The van der Waals surface area contributed by atoms with Crippen LogP contribution in [0.1, 0.15) is 53.0 Å². The fourth-order valence-electron chi connectivity index (χ4n) is 2.29. The molecule has 102 valence electrons. The molecule has 0 heterocycles. The third-order valence-electron chi connectivity index (χ3n) is 3.92. The van der Waals surface area contributed by atoms with E-state index < -0.39 is 0 Å². The Labute approximate surface area is 113 Å². The molecule has 0 aliphatic heterocycles. The van der Waals surface area contributed by atoms with Gasteiger partial charge in [-0.05, 0) is 51.0 Å². The highest BCUT2D eigenvalue weighted by atomic mass is 15.0. The van der Waals surface area contributed by atoms with Crippen molar-refractivity contribution in [1.29, 1.82) is 0 Å². The maximum absolute atomic E-state index is 3.68. The highest BCUT2D eigenvalue weighted by Crippen LogP contribution is 2.30. The van der Waals surface area contributed by atoms with Crippen LogP contribution in [0.5, 0.6) is 0 Å². The van der Waals surface area contributed by atoms with Crippen molar-refractivity contribution in [3.05, 3.63) is 35.9 Å². The number of benzene rings is 1. The molecule has 18 heavy (non-hydrogen) atoms. The molecule has 0 amide bonds. The molecule has 0 bridgehead atoms. The topological polar surface area (TPSA) is 12.0 Å². The first-order valence-corrected chi connectivity index (χ1v) is 7.20. The van der Waals surface area contributed by atoms with E-state index in [1.54, 1.807) is 0 Å². The van der Waals surface area contributed by atoms with Crippen LogP contribution < -0.4 is 5.32 Å². The quantitative estimate of drug-likeness (QED) is 0.784. The van der Waals surface area contributed by atoms with E-state index in [2.05, 4.69) is 70.3 Å². The lowest BCUT2D eigenvalue weighted by molar-refractivity contribution is 0.220. The Kier molecular flexibility index (Phi) is 5.40. The fourth-order valence-corrected chi connectivity index (χ4v) is 2.29. The van der Waals surface area contributed by atoms with Gasteiger partial charge in [-0.15, -0.1) is 0 Å². The number of hydrogen-bond acceptors (Lipinski definition) is 1. The van der Waals surface area contributed by atoms with Crippen molar-refractivity contribution < 1.29 is 0 Å². The van der Waals surface area contributed by atoms with E-state index in [9.17, 15) is 0 Å². The summed E-state index contributed by atoms with van der Waals surface area (Å²) in [5.41, 5.74) is 2.04. The van der Waals surface area contributed by atoms with Crippen molar-refractivity contribution in [2.45, 2.75) is 59.4 Å². The maximum atomic E-state index is 3.68. The minimum absolute atomic E-state index is 0.201. The second kappa shape index (κ2) is 6.38. The molecule has 0 saturated heterocycles. The molecular weight excluding hydrogens is 218 g/mol. The van der Waals surface area contributed by atoms with E-state index >= 15 is 0 Å². The van der Waals surface area contributed by atoms with Crippen molar-refractivity contribution in [1.82, 2.24) is 5.32 Å². The van der Waals surface area contributed by atoms with Crippen LogP contribution in [-0.2, 0) is 6.42 Å². The third-order valence-corrected chi connectivity index (χ3v) is 3.92. The third kappa shape index (κ3) is 4.81. The van der Waals surface area contributed by atoms with Gasteiger partial charge in [0.15, 0.2) is 0 Å². The summed E-state index contributed by atoms with van der Waals surface area (Å²) in [4.78, 5) is 0. The van der Waals surface area contributed by atoms with Crippen LogP contribution in [0.4, 0.5) is 0 Å². The number of rotatable bonds is 6. The standard InChI is InChI=1S/C17H29N/c1-6-17(7-2,14-18-16(3,4)5)13-15-11-9-8-10-12-15/h8-12,18H,6-7,13-14H2,1-5H3. The van der Waals surface area contributed by atoms with E-state index in [0.29, 0.717) is 5.41 Å². The van der Waals surface area contributed by atoms with Crippen LogP contribution in [0.2, 0.25) is 0 Å². The number of nitrogens with one attached hydrogen (secondary N) is 1. The van der Waals surface area contributed by atoms with Crippen LogP contribution in [-0.4, -0.2) is 12.1 Å². The summed E-state index contributed by atoms with van der Waals surface area (Å²) in [6, 6.07) is 10.9. The predicted molar refractivity (Wildman–Crippen MR) is 80.9 cm³/mol. The van der Waals surface area contributed by atoms with Gasteiger partial charge in [-0.25, -0.2) is 0 Å². The van der Waals surface area contributed by atoms with Gasteiger partial charge in [-0.1, -0.05) is 44.2 Å². The van der Waals surface area contributed by atoms with Crippen molar-refractivity contribution in [3.8, 4) is 0 Å². The van der Waals surface area contributed by atoms with Gasteiger partial charge in [0.25, 0.3) is 0 Å². The van der Waals surface area contributed by atoms with E-state index in [4.69, 9.17) is 0 Å². The van der Waals surface area contributed by atoms with Gasteiger partial charge in [0.05, 0.1) is 0 Å². The largest absolute Gasteiger partial charge is 0.312 e. The molecule has 0 aliphatic carbocycles. The smallest absolute Gasteiger partial charge is 0.00967 e. The SMILES string of the molecule is CCC(CC)(CNC(C)(C)C)Cc1ccccc1. The predicted octanol–water partition coefficient (Wildman–Crippen LogP) is 4.42. The van der Waals surface area contributed by atoms with Crippen LogP contribution >= 0.6 is 0 Å². The molecule has 1 aromatic carbocycles. The van der Waals surface area contributed by atoms with Gasteiger partial charge in [0.1, 0.15) is 0 Å². The van der Waals surface area contributed by atoms with Crippen LogP contribution in [0.25, 0.3) is 0 Å². The summed E-state index contributed by atoms with van der Waals surface area (Å²) < 4.78 is 0. The minimum atomic E-state index is 0.201. The molecular formula is C17H29N. The molecule has 0 atom stereocenters. The van der Waals surface area contributed by atoms with E-state index in [0.717, 1.165) is 6.54 Å². The Morgan fingerprint density at radius 2 is 1.50 bits per heavy atom. The average molecular weight is 247 g/mol. The van der Waals surface area contributed by atoms with Gasteiger partial charge >= 0.3 is 0 Å². The molecule has 0 unspecified atom stereocenters. The summed E-state index contributed by atoms with van der Waals surface area (Å²) in [7, 11) is 0. The van der Waals surface area contributed by atoms with Gasteiger partial charge < -0.3 is 5.32 Å². The van der Waals surface area contributed by atoms with E-state index in [1.165, 1.54) is 24.8 Å². The molecule has 0 radical (unpaired) electrons. The Morgan fingerprint density at radius 1 is 0.944 bits per heavy atom. The van der Waals surface area contributed by atoms with E-state index in [-0.39, 0.29) is 5.54 Å². The van der Waals surface area contributed by atoms with Crippen LogP contribution in [0.15, 0.2) is 30.3 Å². The zero-order valence-electron chi connectivity index (χ0n) is 12.7. The Morgan fingerprint density at radius 3 is 1.94 bits per heavy atom. The molecule has 0 aliphatic rings. The first-order chi connectivity index (χ1) is 8.41. The molecule has 0 aromatic heterocycles. The first kappa shape index (κ1) is 15.2. The lowest BCUT2D eigenvalue weighted by Crippen LogP contribution is -2.44. The molecule has 0 spiro atoms. The monoisotopic (exact) mass is 247 g/mol. The summed E-state index contributed by atoms with van der Waals surface area (Å²) in [5.74, 6) is 0. The molecule has 1 rings (SSSR count). The average Bonchev–Trinajstić information content (AvgIpc) is 2.35. The molecule has 0 fully saturated rings. The summed E-state index contributed by atoms with van der Waals surface area (Å²) >= 11 is 0. The van der Waals surface area contributed by atoms with Crippen LogP contribution in [0, 0.1) is 5.41 Å². The molecule has 0 saturated carbocycles. The first-order valence-electron chi connectivity index (χ1n) is 7.20. The molecule has 1 N–H and O–H groups in total. The zero-order chi connectivity index (χ0) is 13.6. The normalized spacial score (nSPS) is 12.7. The molecule has 1 aromatic rings. The van der Waals surface area contributed by atoms with Gasteiger partial charge in [0, 0.05) is 12.1 Å². The molecule has 1 nitrogen and oxygen atoms in total. The Balaban J connectivity index is 2.74. The zero-order valence-corrected chi connectivity index (χ0v) is 12.7. The lowest BCUT2D eigenvalue weighted by Gasteiger charge is -2.35. The maximum Gasteiger partial charge on any atom is 0.00967 e. The Hall–Kier alpha value is -0.820. The lowest BCUT2D eigenvalue weighted by atomic mass is 9.76. The fraction of sp³-hybridized carbons (Fsp3) is 0.647. The molecule has 1 heteroatoms. The summed E-state index contributed by atoms with van der Waals surface area (Å²) in [6.45, 7) is 12.5. The number of hydrogen-bond donors (Lipinski definition) is 1.